The summed E-state index contributed by atoms with van der Waals surface area (Å²) >= 11 is 0. The van der Waals surface area contributed by atoms with Crippen LogP contribution in [-0.4, -0.2) is 0 Å². The van der Waals surface area contributed by atoms with Gasteiger partial charge in [0.2, 0.25) is 0 Å². The van der Waals surface area contributed by atoms with E-state index in [1.165, 1.54) is 48.6 Å². The first kappa shape index (κ1) is 26.7. The SMILES string of the molecule is C.CC.CC(C)c1ccccc1.CC1CC2CC3CC23C1.Cc1ccc2c(c1)CCCC2. The molecular weight excluding hydrogens is 384 g/mol. The summed E-state index contributed by atoms with van der Waals surface area (Å²) < 4.78 is 0. The fraction of sp³-hybridized carbons (Fsp3) is 0.625. The molecule has 3 saturated carbocycles. The smallest absolute Gasteiger partial charge is 0.0219 e. The summed E-state index contributed by atoms with van der Waals surface area (Å²) in [6.45, 7) is 13.0. The molecule has 3 fully saturated rings. The van der Waals surface area contributed by atoms with Gasteiger partial charge in [-0.3, -0.25) is 0 Å². The Labute approximate surface area is 200 Å². The Hall–Kier alpha value is -1.56. The zero-order chi connectivity index (χ0) is 22.4. The Morgan fingerprint density at radius 1 is 0.812 bits per heavy atom. The highest BCUT2D eigenvalue weighted by Gasteiger charge is 2.69. The molecule has 2 aromatic rings. The maximum Gasteiger partial charge on any atom is -0.0219 e. The van der Waals surface area contributed by atoms with Gasteiger partial charge in [0.1, 0.15) is 0 Å². The third-order valence-corrected chi connectivity index (χ3v) is 8.05. The molecule has 0 heteroatoms. The highest BCUT2D eigenvalue weighted by atomic mass is 14.7. The molecule has 0 aromatic heterocycles. The second kappa shape index (κ2) is 12.1. The van der Waals surface area contributed by atoms with Gasteiger partial charge in [-0.1, -0.05) is 96.1 Å². The molecule has 6 rings (SSSR count). The molecular formula is C32H50. The Kier molecular flexibility index (Phi) is 10.1. The van der Waals surface area contributed by atoms with Gasteiger partial charge in [0, 0.05) is 0 Å². The highest BCUT2D eigenvalue weighted by molar-refractivity contribution is 5.33. The standard InChI is InChI=1S/C11H14.C9H14.C9H12.C2H6.CH4/c1-9-6-7-10-4-2-3-5-11(10)8-9;1-6-2-7-3-8-5-9(7,8)4-6;1-8(2)9-6-4-3-5-7-9;1-2;/h6-8H,2-5H2,1H3;6-8H,2-5H2,1H3;3-8H,1-2H3;1-2H3;1H4. The van der Waals surface area contributed by atoms with Crippen LogP contribution in [0.5, 0.6) is 0 Å². The number of aryl methyl sites for hydroxylation is 3. The summed E-state index contributed by atoms with van der Waals surface area (Å²) in [5.74, 6) is 4.14. The molecule has 0 heterocycles. The van der Waals surface area contributed by atoms with Crippen LogP contribution in [0.25, 0.3) is 0 Å². The Bertz CT molecular complexity index is 800. The Morgan fingerprint density at radius 3 is 1.97 bits per heavy atom. The molecule has 0 radical (unpaired) electrons. The molecule has 0 saturated heterocycles. The lowest BCUT2D eigenvalue weighted by atomic mass is 9.76. The maximum atomic E-state index is 2.43. The van der Waals surface area contributed by atoms with Crippen molar-refractivity contribution in [2.24, 2.45) is 23.2 Å². The van der Waals surface area contributed by atoms with Gasteiger partial charge in [-0.15, -0.1) is 0 Å². The Morgan fingerprint density at radius 2 is 1.47 bits per heavy atom. The van der Waals surface area contributed by atoms with E-state index in [1.807, 2.05) is 19.9 Å². The summed E-state index contributed by atoms with van der Waals surface area (Å²) in [4.78, 5) is 0. The zero-order valence-electron chi connectivity index (χ0n) is 21.1. The van der Waals surface area contributed by atoms with Gasteiger partial charge in [0.25, 0.3) is 0 Å². The van der Waals surface area contributed by atoms with Crippen molar-refractivity contribution in [3.63, 3.8) is 0 Å². The first-order chi connectivity index (χ1) is 15.0. The summed E-state index contributed by atoms with van der Waals surface area (Å²) in [7, 11) is 0. The maximum absolute atomic E-state index is 2.43. The van der Waals surface area contributed by atoms with Crippen molar-refractivity contribution in [3.05, 3.63) is 70.8 Å². The van der Waals surface area contributed by atoms with Crippen LogP contribution in [0.4, 0.5) is 0 Å². The van der Waals surface area contributed by atoms with Crippen LogP contribution in [0.3, 0.4) is 0 Å². The third-order valence-electron chi connectivity index (χ3n) is 8.05. The molecule has 178 valence electrons. The first-order valence-electron chi connectivity index (χ1n) is 13.1. The molecule has 2 aromatic carbocycles. The van der Waals surface area contributed by atoms with Crippen molar-refractivity contribution < 1.29 is 0 Å². The van der Waals surface area contributed by atoms with Crippen molar-refractivity contribution in [2.45, 2.75) is 106 Å². The van der Waals surface area contributed by atoms with E-state index in [-0.39, 0.29) is 7.43 Å². The molecule has 0 bridgehead atoms. The minimum Gasteiger partial charge on any atom is -0.0776 e. The van der Waals surface area contributed by atoms with Gasteiger partial charge in [0.05, 0.1) is 0 Å². The monoisotopic (exact) mass is 434 g/mol. The fourth-order valence-corrected chi connectivity index (χ4v) is 6.30. The molecule has 0 nitrogen and oxygen atoms in total. The lowest BCUT2D eigenvalue weighted by Crippen LogP contribution is -2.21. The predicted octanol–water partition coefficient (Wildman–Crippen LogP) is 9.79. The van der Waals surface area contributed by atoms with E-state index in [4.69, 9.17) is 0 Å². The number of fused-ring (bicyclic) bond motifs is 1. The van der Waals surface area contributed by atoms with E-state index in [2.05, 4.69) is 70.2 Å². The number of hydrogen-bond acceptors (Lipinski definition) is 0. The van der Waals surface area contributed by atoms with Crippen LogP contribution in [0.2, 0.25) is 0 Å². The molecule has 4 aliphatic carbocycles. The van der Waals surface area contributed by atoms with Gasteiger partial charge in [0.15, 0.2) is 0 Å². The van der Waals surface area contributed by atoms with Gasteiger partial charge < -0.3 is 0 Å². The van der Waals surface area contributed by atoms with E-state index in [1.54, 1.807) is 36.8 Å². The number of rotatable bonds is 1. The molecule has 0 N–H and O–H groups in total. The molecule has 0 amide bonds. The van der Waals surface area contributed by atoms with E-state index in [9.17, 15) is 0 Å². The molecule has 4 aliphatic rings. The second-order valence-corrected chi connectivity index (χ2v) is 10.7. The number of hydrogen-bond donors (Lipinski definition) is 0. The van der Waals surface area contributed by atoms with Gasteiger partial charge in [-0.2, -0.15) is 0 Å². The lowest BCUT2D eigenvalue weighted by Gasteiger charge is -2.29. The topological polar surface area (TPSA) is 0 Å². The lowest BCUT2D eigenvalue weighted by molar-refractivity contribution is 0.200. The minimum atomic E-state index is 0. The van der Waals surface area contributed by atoms with Crippen LogP contribution in [0.1, 0.15) is 109 Å². The van der Waals surface area contributed by atoms with Crippen LogP contribution < -0.4 is 0 Å². The average Bonchev–Trinajstić information content (AvgIpc) is 3.27. The fourth-order valence-electron chi connectivity index (χ4n) is 6.30. The molecule has 32 heavy (non-hydrogen) atoms. The molecule has 0 aliphatic heterocycles. The van der Waals surface area contributed by atoms with Crippen LogP contribution >= 0.6 is 0 Å². The van der Waals surface area contributed by atoms with Crippen LogP contribution in [0.15, 0.2) is 48.5 Å². The van der Waals surface area contributed by atoms with Crippen molar-refractivity contribution in [1.29, 1.82) is 0 Å². The minimum absolute atomic E-state index is 0. The summed E-state index contributed by atoms with van der Waals surface area (Å²) in [6.07, 6.45) is 11.7. The molecule has 1 spiro atoms. The largest absolute Gasteiger partial charge is 0.0776 e. The zero-order valence-corrected chi connectivity index (χ0v) is 21.1. The van der Waals surface area contributed by atoms with E-state index in [0.29, 0.717) is 5.92 Å². The van der Waals surface area contributed by atoms with Crippen LogP contribution in [0, 0.1) is 30.1 Å². The van der Waals surface area contributed by atoms with E-state index in [0.717, 1.165) is 11.3 Å². The van der Waals surface area contributed by atoms with Gasteiger partial charge >= 0.3 is 0 Å². The van der Waals surface area contributed by atoms with Crippen molar-refractivity contribution in [2.75, 3.05) is 0 Å². The number of benzene rings is 2. The highest BCUT2D eigenvalue weighted by Crippen LogP contribution is 2.78. The predicted molar refractivity (Wildman–Crippen MR) is 143 cm³/mol. The molecule has 4 unspecified atom stereocenters. The quantitative estimate of drug-likeness (QED) is 0.419. The average molecular weight is 435 g/mol. The summed E-state index contributed by atoms with van der Waals surface area (Å²) in [6, 6.07) is 17.4. The van der Waals surface area contributed by atoms with Crippen molar-refractivity contribution in [3.8, 4) is 0 Å². The Balaban J connectivity index is 0.000000162. The first-order valence-corrected chi connectivity index (χ1v) is 13.1. The third kappa shape index (κ3) is 6.27. The summed E-state index contributed by atoms with van der Waals surface area (Å²) in [5.41, 5.74) is 6.97. The second-order valence-electron chi connectivity index (χ2n) is 10.7. The van der Waals surface area contributed by atoms with E-state index < -0.39 is 0 Å². The van der Waals surface area contributed by atoms with Crippen molar-refractivity contribution >= 4 is 0 Å². The molecule has 4 atom stereocenters. The van der Waals surface area contributed by atoms with Crippen molar-refractivity contribution in [1.82, 2.24) is 0 Å². The van der Waals surface area contributed by atoms with Gasteiger partial charge in [-0.25, -0.2) is 0 Å². The van der Waals surface area contributed by atoms with Gasteiger partial charge in [-0.05, 0) is 104 Å². The van der Waals surface area contributed by atoms with E-state index >= 15 is 0 Å². The summed E-state index contributed by atoms with van der Waals surface area (Å²) in [5, 5.41) is 0. The van der Waals surface area contributed by atoms with Crippen LogP contribution in [-0.2, 0) is 12.8 Å². The normalized spacial score (nSPS) is 27.8.